The maximum absolute atomic E-state index is 6.77. The molecule has 0 saturated heterocycles. The highest BCUT2D eigenvalue weighted by Crippen LogP contribution is 2.46. The van der Waals surface area contributed by atoms with Crippen molar-refractivity contribution in [3.63, 3.8) is 0 Å². The van der Waals surface area contributed by atoms with Gasteiger partial charge in [0.2, 0.25) is 0 Å². The average Bonchev–Trinajstić information content (AvgIpc) is 3.98. The Morgan fingerprint density at radius 1 is 0.350 bits per heavy atom. The van der Waals surface area contributed by atoms with Gasteiger partial charge < -0.3 is 18.1 Å². The van der Waals surface area contributed by atoms with Crippen molar-refractivity contribution in [3.8, 4) is 11.1 Å². The number of benzene rings is 10. The van der Waals surface area contributed by atoms with Gasteiger partial charge in [-0.3, -0.25) is 0 Å². The van der Waals surface area contributed by atoms with Crippen LogP contribution in [0.4, 0.5) is 17.1 Å². The summed E-state index contributed by atoms with van der Waals surface area (Å²) in [5, 5.41) is 12.3. The number of hydrogen-bond donors (Lipinski definition) is 0. The average molecular weight is 764 g/mol. The van der Waals surface area contributed by atoms with Crippen molar-refractivity contribution in [2.24, 2.45) is 0 Å². The van der Waals surface area contributed by atoms with Gasteiger partial charge in [-0.1, -0.05) is 140 Å². The van der Waals surface area contributed by atoms with Gasteiger partial charge in [0.25, 0.3) is 0 Å². The Morgan fingerprint density at radius 3 is 1.68 bits per heavy atom. The van der Waals surface area contributed by atoms with Crippen LogP contribution in [-0.4, -0.2) is 8.80 Å². The fourth-order valence-electron chi connectivity index (χ4n) is 10.4. The van der Waals surface area contributed by atoms with Gasteiger partial charge in [0.05, 0.1) is 38.8 Å². The van der Waals surface area contributed by atoms with Gasteiger partial charge in [-0.05, 0) is 93.3 Å². The van der Waals surface area contributed by atoms with Gasteiger partial charge in [-0.15, -0.1) is 0 Å². The Bertz CT molecular complexity index is 4070. The molecule has 14 aromatic rings. The Hall–Kier alpha value is -8.08. The summed E-state index contributed by atoms with van der Waals surface area (Å²) in [6, 6.07) is 73.0. The van der Waals surface area contributed by atoms with Gasteiger partial charge in [-0.25, -0.2) is 0 Å². The van der Waals surface area contributed by atoms with Gasteiger partial charge in [0.1, 0.15) is 5.58 Å². The Balaban J connectivity index is 1.06. The molecule has 0 N–H and O–H groups in total. The van der Waals surface area contributed by atoms with E-state index in [2.05, 4.69) is 208 Å². The molecule has 0 fully saturated rings. The SMILES string of the molecule is c1ccc2c(c1)cc(-c1ccc(N(c3ccc4c(c3)n3c5ccccc5c5ccc6c7ccccc7n4c6c53)c3cccc4c3oc3ccccc34)cc1)c1ccccc12. The lowest BCUT2D eigenvalue weighted by atomic mass is 9.93. The summed E-state index contributed by atoms with van der Waals surface area (Å²) >= 11 is 0. The summed E-state index contributed by atoms with van der Waals surface area (Å²) in [5.74, 6) is 0. The lowest BCUT2D eigenvalue weighted by molar-refractivity contribution is 0.669. The molecule has 4 nitrogen and oxygen atoms in total. The molecule has 4 heterocycles. The first-order chi connectivity index (χ1) is 29.8. The molecule has 0 spiro atoms. The zero-order valence-corrected chi connectivity index (χ0v) is 32.3. The Labute approximate surface area is 343 Å². The van der Waals surface area contributed by atoms with E-state index in [-0.39, 0.29) is 0 Å². The van der Waals surface area contributed by atoms with Gasteiger partial charge in [0.15, 0.2) is 5.58 Å². The smallest absolute Gasteiger partial charge is 0.159 e. The Morgan fingerprint density at radius 2 is 0.933 bits per heavy atom. The molecule has 0 atom stereocenters. The predicted molar refractivity (Wildman–Crippen MR) is 252 cm³/mol. The fraction of sp³-hybridized carbons (Fsp3) is 0. The molecular weight excluding hydrogens is 731 g/mol. The van der Waals surface area contributed by atoms with Crippen molar-refractivity contribution in [1.82, 2.24) is 8.80 Å². The van der Waals surface area contributed by atoms with E-state index in [1.165, 1.54) is 76.3 Å². The first-order valence-electron chi connectivity index (χ1n) is 20.6. The standard InChI is InChI=1S/C56H33N3O/c1-2-13-38-35(12-1)32-47(40-15-4-3-14-39(38)40)34-24-26-36(27-25-34)57(51-22-11-19-46-43-18-7-10-23-53(43)60-56(46)51)37-28-31-50-52(33-37)59-49-21-9-6-17-42(49)45-30-29-44-41-16-5-8-20-48(41)58(50)54(44)55(45)59/h1-33H. The third kappa shape index (κ3) is 4.19. The summed E-state index contributed by atoms with van der Waals surface area (Å²) in [7, 11) is 0. The third-order valence-corrected chi connectivity index (χ3v) is 13.0. The molecular formula is C56H33N3O. The molecule has 0 radical (unpaired) electrons. The van der Waals surface area contributed by atoms with Crippen LogP contribution in [0.3, 0.4) is 0 Å². The van der Waals surface area contributed by atoms with Crippen molar-refractivity contribution in [3.05, 3.63) is 200 Å². The fourth-order valence-corrected chi connectivity index (χ4v) is 10.4. The van der Waals surface area contributed by atoms with Crippen LogP contribution in [0.15, 0.2) is 205 Å². The van der Waals surface area contributed by atoms with Crippen LogP contribution in [-0.2, 0) is 0 Å². The minimum atomic E-state index is 0.860. The van der Waals surface area contributed by atoms with Crippen molar-refractivity contribution in [2.45, 2.75) is 0 Å². The van der Waals surface area contributed by atoms with E-state index < -0.39 is 0 Å². The second-order valence-electron chi connectivity index (χ2n) is 16.1. The molecule has 0 aliphatic heterocycles. The number of para-hydroxylation sites is 4. The van der Waals surface area contributed by atoms with Gasteiger partial charge >= 0.3 is 0 Å². The molecule has 0 bridgehead atoms. The topological polar surface area (TPSA) is 25.2 Å². The van der Waals surface area contributed by atoms with Crippen LogP contribution < -0.4 is 4.90 Å². The maximum atomic E-state index is 6.77. The van der Waals surface area contributed by atoms with Crippen molar-refractivity contribution in [1.29, 1.82) is 0 Å². The quantitative estimate of drug-likeness (QED) is 0.132. The van der Waals surface area contributed by atoms with E-state index in [9.17, 15) is 0 Å². The number of nitrogens with zero attached hydrogens (tertiary/aromatic N) is 3. The van der Waals surface area contributed by atoms with Crippen LogP contribution in [0.25, 0.3) is 109 Å². The largest absolute Gasteiger partial charge is 0.454 e. The Kier molecular flexibility index (Phi) is 6.26. The van der Waals surface area contributed by atoms with E-state index in [1.54, 1.807) is 0 Å². The first-order valence-corrected chi connectivity index (χ1v) is 20.6. The predicted octanol–water partition coefficient (Wildman–Crippen LogP) is 15.6. The molecule has 0 saturated carbocycles. The van der Waals surface area contributed by atoms with Crippen molar-refractivity contribution in [2.75, 3.05) is 4.90 Å². The molecule has 0 amide bonds. The summed E-state index contributed by atoms with van der Waals surface area (Å²) in [6.07, 6.45) is 0. The molecule has 0 unspecified atom stereocenters. The molecule has 0 aliphatic carbocycles. The summed E-state index contributed by atoms with van der Waals surface area (Å²) in [6.45, 7) is 0. The molecule has 0 aliphatic rings. The van der Waals surface area contributed by atoms with E-state index >= 15 is 0 Å². The molecule has 14 rings (SSSR count). The molecule has 10 aromatic carbocycles. The number of fused-ring (bicyclic) bond motifs is 15. The number of aromatic nitrogens is 2. The first kappa shape index (κ1) is 31.9. The zero-order valence-electron chi connectivity index (χ0n) is 32.3. The monoisotopic (exact) mass is 763 g/mol. The lowest BCUT2D eigenvalue weighted by Crippen LogP contribution is -2.11. The molecule has 4 heteroatoms. The highest BCUT2D eigenvalue weighted by molar-refractivity contribution is 6.25. The number of furan rings is 1. The third-order valence-electron chi connectivity index (χ3n) is 13.0. The maximum Gasteiger partial charge on any atom is 0.159 e. The highest BCUT2D eigenvalue weighted by Gasteiger charge is 2.24. The van der Waals surface area contributed by atoms with Gasteiger partial charge in [-0.2, -0.15) is 0 Å². The number of hydrogen-bond acceptors (Lipinski definition) is 2. The van der Waals surface area contributed by atoms with Crippen LogP contribution in [0, 0.1) is 0 Å². The van der Waals surface area contributed by atoms with Gasteiger partial charge in [0, 0.05) is 43.7 Å². The number of anilines is 3. The lowest BCUT2D eigenvalue weighted by Gasteiger charge is -2.26. The normalized spacial score (nSPS) is 12.3. The van der Waals surface area contributed by atoms with Crippen molar-refractivity contribution >= 4 is 115 Å². The minimum Gasteiger partial charge on any atom is -0.454 e. The van der Waals surface area contributed by atoms with Crippen LogP contribution in [0.1, 0.15) is 0 Å². The minimum absolute atomic E-state index is 0.860. The zero-order chi connectivity index (χ0) is 39.1. The molecule has 60 heavy (non-hydrogen) atoms. The summed E-state index contributed by atoms with van der Waals surface area (Å²) in [4.78, 5) is 2.38. The van der Waals surface area contributed by atoms with Crippen LogP contribution in [0.5, 0.6) is 0 Å². The second kappa shape index (κ2) is 11.8. The highest BCUT2D eigenvalue weighted by atomic mass is 16.3. The van der Waals surface area contributed by atoms with Crippen LogP contribution in [0.2, 0.25) is 0 Å². The molecule has 4 aromatic heterocycles. The summed E-state index contributed by atoms with van der Waals surface area (Å²) in [5.41, 5.74) is 14.4. The van der Waals surface area contributed by atoms with E-state index in [0.717, 1.165) is 50.0 Å². The van der Waals surface area contributed by atoms with E-state index in [4.69, 9.17) is 4.42 Å². The number of rotatable bonds is 4. The van der Waals surface area contributed by atoms with E-state index in [1.807, 2.05) is 6.07 Å². The van der Waals surface area contributed by atoms with Crippen LogP contribution >= 0.6 is 0 Å². The summed E-state index contributed by atoms with van der Waals surface area (Å²) < 4.78 is 11.7. The van der Waals surface area contributed by atoms with Crippen molar-refractivity contribution < 1.29 is 4.42 Å². The second-order valence-corrected chi connectivity index (χ2v) is 16.1. The molecule has 278 valence electrons. The van der Waals surface area contributed by atoms with E-state index in [0.29, 0.717) is 0 Å².